The molecule has 0 spiro atoms. The minimum atomic E-state index is -3.10. The van der Waals surface area contributed by atoms with Crippen molar-refractivity contribution in [2.75, 3.05) is 31.3 Å². The predicted octanol–water partition coefficient (Wildman–Crippen LogP) is 4.54. The van der Waals surface area contributed by atoms with Crippen molar-refractivity contribution in [2.45, 2.75) is 6.61 Å². The Labute approximate surface area is 230 Å². The van der Waals surface area contributed by atoms with Gasteiger partial charge in [-0.05, 0) is 38.4 Å². The van der Waals surface area contributed by atoms with E-state index in [0.717, 1.165) is 0 Å². The molecular weight excluding hydrogens is 559 g/mol. The number of hydrogen-bond donors (Lipinski definition) is 4. The Kier molecular flexibility index (Phi) is 11.9. The molecule has 15 heteroatoms. The lowest BCUT2D eigenvalue weighted by atomic mass is 10.1. The maximum atomic E-state index is 13.4. The first-order chi connectivity index (χ1) is 18.8. The fourth-order valence-corrected chi connectivity index (χ4v) is 3.05. The lowest BCUT2D eigenvalue weighted by molar-refractivity contribution is -0.134. The SMILES string of the molecule is CN(C)CC=CC(=O)Nc1cc2c(Nc3ccc(F)c(Cl)c3)ncnc2cc1OC(F)F.O=C(O)C=CC(=O)O. The van der Waals surface area contributed by atoms with Crippen LogP contribution in [0.15, 0.2) is 61.0 Å². The third-order valence-electron chi connectivity index (χ3n) is 4.50. The number of carboxylic acids is 2. The summed E-state index contributed by atoms with van der Waals surface area (Å²) in [7, 11) is 3.67. The Morgan fingerprint density at radius 2 is 1.75 bits per heavy atom. The Bertz CT molecular complexity index is 1420. The highest BCUT2D eigenvalue weighted by Crippen LogP contribution is 2.34. The number of nitrogens with one attached hydrogen (secondary N) is 2. The maximum absolute atomic E-state index is 13.4. The molecule has 212 valence electrons. The van der Waals surface area contributed by atoms with E-state index >= 15 is 0 Å². The van der Waals surface area contributed by atoms with Gasteiger partial charge in [-0.2, -0.15) is 8.78 Å². The van der Waals surface area contributed by atoms with E-state index in [4.69, 9.17) is 21.8 Å². The van der Waals surface area contributed by atoms with Gasteiger partial charge in [0.25, 0.3) is 0 Å². The van der Waals surface area contributed by atoms with E-state index in [0.29, 0.717) is 35.6 Å². The van der Waals surface area contributed by atoms with Crippen molar-refractivity contribution >= 4 is 57.5 Å². The van der Waals surface area contributed by atoms with Gasteiger partial charge in [-0.3, -0.25) is 4.79 Å². The van der Waals surface area contributed by atoms with Crippen molar-refractivity contribution < 1.29 is 42.5 Å². The van der Waals surface area contributed by atoms with Crippen molar-refractivity contribution in [3.8, 4) is 5.75 Å². The summed E-state index contributed by atoms with van der Waals surface area (Å²) < 4.78 is 43.8. The number of aromatic nitrogens is 2. The molecule has 0 saturated carbocycles. The topological polar surface area (TPSA) is 154 Å². The number of aliphatic carboxylic acids is 2. The molecule has 3 rings (SSSR count). The number of amides is 1. The van der Waals surface area contributed by atoms with Gasteiger partial charge in [0, 0.05) is 41.9 Å². The zero-order chi connectivity index (χ0) is 29.8. The second-order valence-electron chi connectivity index (χ2n) is 7.88. The van der Waals surface area contributed by atoms with E-state index in [9.17, 15) is 27.6 Å². The van der Waals surface area contributed by atoms with Crippen LogP contribution in [-0.2, 0) is 14.4 Å². The molecule has 0 aliphatic carbocycles. The molecule has 1 aromatic heterocycles. The van der Waals surface area contributed by atoms with Crippen molar-refractivity contribution in [3.05, 3.63) is 71.8 Å². The number of fused-ring (bicyclic) bond motifs is 1. The minimum Gasteiger partial charge on any atom is -0.478 e. The molecule has 1 heterocycles. The molecule has 0 saturated heterocycles. The van der Waals surface area contributed by atoms with E-state index < -0.39 is 30.3 Å². The molecule has 0 fully saturated rings. The molecule has 2 aromatic carbocycles. The van der Waals surface area contributed by atoms with Crippen LogP contribution in [0.4, 0.5) is 30.4 Å². The van der Waals surface area contributed by atoms with Gasteiger partial charge in [0.05, 0.1) is 16.2 Å². The number of benzene rings is 2. The molecule has 0 aliphatic rings. The number of carbonyl (C=O) groups excluding carboxylic acids is 1. The van der Waals surface area contributed by atoms with Crippen LogP contribution in [0, 0.1) is 5.82 Å². The number of halogens is 4. The summed E-state index contributed by atoms with van der Waals surface area (Å²) in [6.45, 7) is -2.58. The Hall–Kier alpha value is -4.69. The highest BCUT2D eigenvalue weighted by Gasteiger charge is 2.16. The number of rotatable bonds is 10. The van der Waals surface area contributed by atoms with E-state index in [1.165, 1.54) is 42.7 Å². The molecule has 0 atom stereocenters. The number of likely N-dealkylation sites (N-methyl/N-ethyl adjacent to an activating group) is 1. The zero-order valence-electron chi connectivity index (χ0n) is 20.9. The summed E-state index contributed by atoms with van der Waals surface area (Å²) in [5.41, 5.74) is 0.737. The van der Waals surface area contributed by atoms with E-state index in [-0.39, 0.29) is 22.0 Å². The van der Waals surface area contributed by atoms with Crippen LogP contribution in [0.25, 0.3) is 10.9 Å². The van der Waals surface area contributed by atoms with Gasteiger partial charge in [0.2, 0.25) is 5.91 Å². The van der Waals surface area contributed by atoms with Crippen molar-refractivity contribution in [1.29, 1.82) is 0 Å². The highest BCUT2D eigenvalue weighted by atomic mass is 35.5. The standard InChI is InChI=1S/C21H19ClF3N5O2.C4H4O4/c1-30(2)7-3-4-19(31)29-17-9-13-16(10-18(17)32-21(24)25)26-11-27-20(13)28-12-5-6-15(23)14(22)8-12;5-3(6)1-2-4(7)8/h3-6,8-11,21H,7H2,1-2H3,(H,29,31)(H,26,27,28);1-2H,(H,5,6)(H,7,8). The molecule has 0 radical (unpaired) electrons. The first-order valence-corrected chi connectivity index (χ1v) is 11.4. The average molecular weight is 582 g/mol. The van der Waals surface area contributed by atoms with Crippen molar-refractivity contribution in [3.63, 3.8) is 0 Å². The lowest BCUT2D eigenvalue weighted by Crippen LogP contribution is -2.14. The van der Waals surface area contributed by atoms with Gasteiger partial charge in [-0.1, -0.05) is 17.7 Å². The minimum absolute atomic E-state index is 0.00675. The predicted molar refractivity (Wildman–Crippen MR) is 142 cm³/mol. The number of ether oxygens (including phenoxy) is 1. The fourth-order valence-electron chi connectivity index (χ4n) is 2.87. The Balaban J connectivity index is 0.000000611. The van der Waals surface area contributed by atoms with Gasteiger partial charge in [0.15, 0.2) is 5.75 Å². The third-order valence-corrected chi connectivity index (χ3v) is 4.79. The molecule has 40 heavy (non-hydrogen) atoms. The van der Waals surface area contributed by atoms with Crippen molar-refractivity contribution in [2.24, 2.45) is 0 Å². The van der Waals surface area contributed by atoms with Crippen LogP contribution in [0.3, 0.4) is 0 Å². The van der Waals surface area contributed by atoms with Gasteiger partial charge in [0.1, 0.15) is 18.0 Å². The summed E-state index contributed by atoms with van der Waals surface area (Å²) in [5.74, 6) is -3.58. The quantitative estimate of drug-likeness (QED) is 0.251. The summed E-state index contributed by atoms with van der Waals surface area (Å²) in [5, 5.41) is 21.5. The van der Waals surface area contributed by atoms with Crippen LogP contribution >= 0.6 is 11.6 Å². The van der Waals surface area contributed by atoms with Crippen LogP contribution in [-0.4, -0.2) is 70.2 Å². The largest absolute Gasteiger partial charge is 0.478 e. The average Bonchev–Trinajstić information content (AvgIpc) is 2.85. The first-order valence-electron chi connectivity index (χ1n) is 11.1. The van der Waals surface area contributed by atoms with Gasteiger partial charge in [-0.25, -0.2) is 23.9 Å². The smallest absolute Gasteiger partial charge is 0.387 e. The Morgan fingerprint density at radius 3 is 2.33 bits per heavy atom. The van der Waals surface area contributed by atoms with E-state index in [1.54, 1.807) is 6.08 Å². The molecule has 0 bridgehead atoms. The number of nitrogens with zero attached hydrogens (tertiary/aromatic N) is 3. The summed E-state index contributed by atoms with van der Waals surface area (Å²) in [4.78, 5) is 41.4. The zero-order valence-corrected chi connectivity index (χ0v) is 21.7. The Morgan fingerprint density at radius 1 is 1.07 bits per heavy atom. The number of alkyl halides is 2. The van der Waals surface area contributed by atoms with Gasteiger partial charge in [-0.15, -0.1) is 0 Å². The van der Waals surface area contributed by atoms with Crippen molar-refractivity contribution in [1.82, 2.24) is 14.9 Å². The summed E-state index contributed by atoms with van der Waals surface area (Å²) in [6, 6.07) is 6.71. The maximum Gasteiger partial charge on any atom is 0.387 e. The van der Waals surface area contributed by atoms with Gasteiger partial charge >= 0.3 is 18.6 Å². The highest BCUT2D eigenvalue weighted by molar-refractivity contribution is 6.31. The monoisotopic (exact) mass is 581 g/mol. The molecule has 0 unspecified atom stereocenters. The lowest BCUT2D eigenvalue weighted by Gasteiger charge is -2.14. The van der Waals surface area contributed by atoms with Crippen LogP contribution in [0.5, 0.6) is 5.75 Å². The number of anilines is 3. The number of carboxylic acid groups (broad SMARTS) is 2. The fraction of sp³-hybridized carbons (Fsp3) is 0.160. The van der Waals surface area contributed by atoms with Crippen LogP contribution in [0.1, 0.15) is 0 Å². The van der Waals surface area contributed by atoms with Gasteiger partial charge < -0.3 is 30.5 Å². The second kappa shape index (κ2) is 15.0. The molecule has 11 nitrogen and oxygen atoms in total. The van der Waals surface area contributed by atoms with E-state index in [2.05, 4.69) is 25.3 Å². The summed E-state index contributed by atoms with van der Waals surface area (Å²) in [6.07, 6.45) is 5.25. The van der Waals surface area contributed by atoms with Crippen LogP contribution < -0.4 is 15.4 Å². The normalized spacial score (nSPS) is 11.1. The van der Waals surface area contributed by atoms with E-state index in [1.807, 2.05) is 19.0 Å². The number of carbonyl (C=O) groups is 3. The first kappa shape index (κ1) is 31.5. The summed E-state index contributed by atoms with van der Waals surface area (Å²) >= 11 is 5.82. The molecular formula is C25H23ClF3N5O6. The number of hydrogen-bond acceptors (Lipinski definition) is 8. The second-order valence-corrected chi connectivity index (χ2v) is 8.29. The molecule has 4 N–H and O–H groups in total. The molecule has 1 amide bonds. The van der Waals surface area contributed by atoms with Crippen LogP contribution in [0.2, 0.25) is 5.02 Å². The molecule has 3 aromatic rings. The third kappa shape index (κ3) is 10.6. The molecule has 0 aliphatic heterocycles.